The largest absolute Gasteiger partial charge is 0.493 e. The zero-order chi connectivity index (χ0) is 25.2. The summed E-state index contributed by atoms with van der Waals surface area (Å²) in [6.45, 7) is 1.15. The predicted molar refractivity (Wildman–Crippen MR) is 130 cm³/mol. The van der Waals surface area contributed by atoms with Crippen LogP contribution in [0.2, 0.25) is 0 Å². The van der Waals surface area contributed by atoms with Gasteiger partial charge in [0.2, 0.25) is 17.5 Å². The lowest BCUT2D eigenvalue weighted by Crippen LogP contribution is -2.56. The molecule has 4 aromatic rings. The van der Waals surface area contributed by atoms with Gasteiger partial charge in [-0.1, -0.05) is 0 Å². The molecule has 0 spiro atoms. The van der Waals surface area contributed by atoms with Gasteiger partial charge in [0, 0.05) is 25.2 Å². The van der Waals surface area contributed by atoms with Gasteiger partial charge in [0.15, 0.2) is 28.5 Å². The third-order valence-electron chi connectivity index (χ3n) is 5.88. The van der Waals surface area contributed by atoms with E-state index in [4.69, 9.17) is 24.6 Å². The molecule has 184 valence electrons. The fourth-order valence-electron chi connectivity index (χ4n) is 4.08. The third-order valence-corrected chi connectivity index (χ3v) is 5.88. The van der Waals surface area contributed by atoms with Crippen molar-refractivity contribution >= 4 is 34.5 Å². The molecule has 1 fully saturated rings. The number of carbonyl (C=O) groups excluding carboxylic acids is 2. The van der Waals surface area contributed by atoms with Crippen LogP contribution in [0, 0.1) is 0 Å². The van der Waals surface area contributed by atoms with Crippen molar-refractivity contribution in [2.24, 2.45) is 0 Å². The molecule has 36 heavy (non-hydrogen) atoms. The molecule has 0 radical (unpaired) electrons. The average Bonchev–Trinajstić information content (AvgIpc) is 3.46. The maximum absolute atomic E-state index is 12.9. The number of ketones is 2. The minimum absolute atomic E-state index is 0.0292. The number of methoxy groups -OCH3 is 2. The van der Waals surface area contributed by atoms with Crippen LogP contribution in [-0.2, 0) is 4.79 Å². The third kappa shape index (κ3) is 4.29. The molecule has 0 aliphatic carbocycles. The Morgan fingerprint density at radius 3 is 2.72 bits per heavy atom. The van der Waals surface area contributed by atoms with E-state index in [1.54, 1.807) is 32.5 Å². The number of fused-ring (bicyclic) bond motifs is 1. The quantitative estimate of drug-likeness (QED) is 0.285. The lowest BCUT2D eigenvalue weighted by molar-refractivity contribution is -0.117. The fraction of sp³-hybridized carbons (Fsp3) is 0.250. The molecule has 3 N–H and O–H groups in total. The van der Waals surface area contributed by atoms with Crippen LogP contribution in [0.25, 0.3) is 22.4 Å². The van der Waals surface area contributed by atoms with Crippen LogP contribution in [0.3, 0.4) is 0 Å². The highest BCUT2D eigenvalue weighted by molar-refractivity contribution is 6.45. The molecule has 4 heterocycles. The van der Waals surface area contributed by atoms with Crippen molar-refractivity contribution < 1.29 is 23.5 Å². The number of nitrogens with one attached hydrogen (secondary N) is 1. The van der Waals surface area contributed by atoms with Crippen molar-refractivity contribution in [3.05, 3.63) is 48.6 Å². The molecule has 1 saturated heterocycles. The van der Waals surface area contributed by atoms with Crippen LogP contribution < -0.4 is 25.4 Å². The summed E-state index contributed by atoms with van der Waals surface area (Å²) in [7, 11) is 3.12. The molecule has 1 aromatic carbocycles. The summed E-state index contributed by atoms with van der Waals surface area (Å²) >= 11 is 0. The first kappa shape index (κ1) is 23.2. The van der Waals surface area contributed by atoms with Crippen LogP contribution in [0.15, 0.2) is 47.4 Å². The summed E-state index contributed by atoms with van der Waals surface area (Å²) in [5.41, 5.74) is 8.23. The second kappa shape index (κ2) is 9.58. The van der Waals surface area contributed by atoms with Crippen LogP contribution in [0.5, 0.6) is 11.5 Å². The fourth-order valence-corrected chi connectivity index (χ4v) is 4.08. The summed E-state index contributed by atoms with van der Waals surface area (Å²) in [6, 6.07) is 6.15. The van der Waals surface area contributed by atoms with Gasteiger partial charge in [-0.25, -0.2) is 9.97 Å². The van der Waals surface area contributed by atoms with Crippen LogP contribution in [-0.4, -0.2) is 71.4 Å². The zero-order valence-electron chi connectivity index (χ0n) is 19.6. The number of furan rings is 1. The topological polar surface area (TPSA) is 159 Å². The Kier molecular flexibility index (Phi) is 6.17. The molecule has 0 amide bonds. The monoisotopic (exact) mass is 489 g/mol. The highest BCUT2D eigenvalue weighted by Crippen LogP contribution is 2.32. The number of nitrogens with two attached hydrogens (primary N) is 1. The highest BCUT2D eigenvalue weighted by Gasteiger charge is 2.32. The van der Waals surface area contributed by atoms with E-state index >= 15 is 0 Å². The lowest BCUT2D eigenvalue weighted by atomic mass is 10.0. The van der Waals surface area contributed by atoms with Gasteiger partial charge in [-0.15, -0.1) is 0 Å². The van der Waals surface area contributed by atoms with Crippen molar-refractivity contribution in [3.8, 4) is 22.8 Å². The molecular formula is C24H23N7O5. The number of anilines is 2. The van der Waals surface area contributed by atoms with Crippen molar-refractivity contribution in [2.45, 2.75) is 6.04 Å². The number of nitrogen functional groups attached to an aromatic ring is 1. The summed E-state index contributed by atoms with van der Waals surface area (Å²) in [5, 5.41) is 3.11. The van der Waals surface area contributed by atoms with E-state index in [0.29, 0.717) is 47.3 Å². The van der Waals surface area contributed by atoms with Gasteiger partial charge in [-0.3, -0.25) is 9.59 Å². The van der Waals surface area contributed by atoms with Crippen molar-refractivity contribution in [2.75, 3.05) is 44.5 Å². The summed E-state index contributed by atoms with van der Waals surface area (Å²) in [6.07, 6.45) is 4.20. The number of hydrogen-bond acceptors (Lipinski definition) is 12. The van der Waals surface area contributed by atoms with Crippen molar-refractivity contribution in [1.29, 1.82) is 0 Å². The number of nitrogens with zero attached hydrogens (tertiary/aromatic N) is 5. The van der Waals surface area contributed by atoms with E-state index in [-0.39, 0.29) is 18.1 Å². The van der Waals surface area contributed by atoms with Gasteiger partial charge in [0.05, 0.1) is 44.0 Å². The number of Topliss-reactive ketones (excluding diaryl/α,β-unsaturated/α-hetero) is 2. The van der Waals surface area contributed by atoms with Crippen LogP contribution >= 0.6 is 0 Å². The Labute approximate surface area is 205 Å². The van der Waals surface area contributed by atoms with Gasteiger partial charge < -0.3 is 29.8 Å². The standard InChI is InChI=1S/C24H23N7O5/c1-34-17-4-3-13(9-18(17)35-2)15-10-27-22-19(28-15)23(30-24(25)29-22)31-7-6-26-16(11-31)21(33)20(32)14-5-8-36-12-14/h3-5,8-10,12,16,26H,6-7,11H2,1-2H3,(H2,25,27,29,30). The predicted octanol–water partition coefficient (Wildman–Crippen LogP) is 1.51. The number of hydrogen-bond donors (Lipinski definition) is 2. The SMILES string of the molecule is COc1ccc(-c2cnc3nc(N)nc(N4CCNC(C(=O)C(=O)c5ccoc5)C4)c3n2)cc1OC. The van der Waals surface area contributed by atoms with E-state index in [1.165, 1.54) is 18.6 Å². The lowest BCUT2D eigenvalue weighted by Gasteiger charge is -2.33. The van der Waals surface area contributed by atoms with Crippen LogP contribution in [0.1, 0.15) is 10.4 Å². The molecule has 0 saturated carbocycles. The van der Waals surface area contributed by atoms with Gasteiger partial charge in [0.25, 0.3) is 0 Å². The first-order chi connectivity index (χ1) is 17.5. The Morgan fingerprint density at radius 1 is 1.14 bits per heavy atom. The Bertz CT molecular complexity index is 1440. The Morgan fingerprint density at radius 2 is 1.97 bits per heavy atom. The van der Waals surface area contributed by atoms with E-state index in [1.807, 2.05) is 11.0 Å². The molecule has 3 aromatic heterocycles. The maximum atomic E-state index is 12.9. The van der Waals surface area contributed by atoms with Crippen LogP contribution in [0.4, 0.5) is 11.8 Å². The van der Waals surface area contributed by atoms with E-state index in [9.17, 15) is 9.59 Å². The molecule has 1 aliphatic heterocycles. The maximum Gasteiger partial charge on any atom is 0.233 e. The van der Waals surface area contributed by atoms with Gasteiger partial charge in [0.1, 0.15) is 6.26 Å². The molecule has 1 unspecified atom stereocenters. The number of rotatable bonds is 7. The van der Waals surface area contributed by atoms with E-state index in [2.05, 4.69) is 20.3 Å². The minimum Gasteiger partial charge on any atom is -0.493 e. The normalized spacial score (nSPS) is 15.6. The Balaban J connectivity index is 1.49. The molecule has 5 rings (SSSR count). The molecule has 12 heteroatoms. The number of benzene rings is 1. The van der Waals surface area contributed by atoms with Gasteiger partial charge >= 0.3 is 0 Å². The molecule has 12 nitrogen and oxygen atoms in total. The smallest absolute Gasteiger partial charge is 0.233 e. The number of piperazine rings is 1. The molecule has 0 bridgehead atoms. The molecule has 1 aliphatic rings. The summed E-state index contributed by atoms with van der Waals surface area (Å²) in [4.78, 5) is 45.1. The average molecular weight is 489 g/mol. The Hall–Kier alpha value is -4.58. The zero-order valence-corrected chi connectivity index (χ0v) is 19.6. The van der Waals surface area contributed by atoms with Gasteiger partial charge in [-0.2, -0.15) is 9.97 Å². The van der Waals surface area contributed by atoms with E-state index < -0.39 is 17.6 Å². The van der Waals surface area contributed by atoms with Crippen molar-refractivity contribution in [1.82, 2.24) is 25.3 Å². The van der Waals surface area contributed by atoms with Gasteiger partial charge in [-0.05, 0) is 24.3 Å². The second-order valence-electron chi connectivity index (χ2n) is 8.06. The second-order valence-corrected chi connectivity index (χ2v) is 8.06. The number of ether oxygens (including phenoxy) is 2. The van der Waals surface area contributed by atoms with E-state index in [0.717, 1.165) is 5.56 Å². The number of aromatic nitrogens is 4. The first-order valence-corrected chi connectivity index (χ1v) is 11.1. The highest BCUT2D eigenvalue weighted by atomic mass is 16.5. The number of carbonyl (C=O) groups is 2. The summed E-state index contributed by atoms with van der Waals surface area (Å²) < 4.78 is 15.7. The first-order valence-electron chi connectivity index (χ1n) is 11.1. The molecule has 1 atom stereocenters. The van der Waals surface area contributed by atoms with Crippen molar-refractivity contribution in [3.63, 3.8) is 0 Å². The molecular weight excluding hydrogens is 466 g/mol. The minimum atomic E-state index is -0.741. The summed E-state index contributed by atoms with van der Waals surface area (Å²) in [5.74, 6) is 0.420.